The molecule has 1 atom stereocenters. The van der Waals surface area contributed by atoms with E-state index in [1.165, 1.54) is 23.1 Å². The van der Waals surface area contributed by atoms with Crippen molar-refractivity contribution in [3.05, 3.63) is 34.9 Å². The molecule has 18 heavy (non-hydrogen) atoms. The highest BCUT2D eigenvalue weighted by atomic mass is 16.3. The maximum Gasteiger partial charge on any atom is 0.0546 e. The largest absolute Gasteiger partial charge is 0.393 e. The Kier molecular flexibility index (Phi) is 9.67. The highest BCUT2D eigenvalue weighted by Crippen LogP contribution is 2.12. The first kappa shape index (κ1) is 17.2. The Bertz CT molecular complexity index is 302. The average molecular weight is 250 g/mol. The Morgan fingerprint density at radius 1 is 0.889 bits per heavy atom. The summed E-state index contributed by atoms with van der Waals surface area (Å²) in [6, 6.07) is 0. The topological polar surface area (TPSA) is 20.2 Å². The number of rotatable bonds is 8. The van der Waals surface area contributed by atoms with Crippen LogP contribution in [-0.2, 0) is 0 Å². The summed E-state index contributed by atoms with van der Waals surface area (Å²) >= 11 is 0. The number of hydrogen-bond donors (Lipinski definition) is 1. The van der Waals surface area contributed by atoms with Gasteiger partial charge in [-0.1, -0.05) is 34.9 Å². The summed E-state index contributed by atoms with van der Waals surface area (Å²) < 4.78 is 0. The van der Waals surface area contributed by atoms with Gasteiger partial charge >= 0.3 is 0 Å². The van der Waals surface area contributed by atoms with Crippen LogP contribution < -0.4 is 0 Å². The zero-order chi connectivity index (χ0) is 14.0. The van der Waals surface area contributed by atoms with Gasteiger partial charge in [-0.15, -0.1) is 0 Å². The van der Waals surface area contributed by atoms with Gasteiger partial charge in [0.25, 0.3) is 0 Å². The van der Waals surface area contributed by atoms with E-state index in [1.807, 2.05) is 6.92 Å². The molecule has 0 aliphatic carbocycles. The van der Waals surface area contributed by atoms with Crippen LogP contribution in [0.3, 0.4) is 0 Å². The lowest BCUT2D eigenvalue weighted by atomic mass is 10.1. The van der Waals surface area contributed by atoms with Gasteiger partial charge in [0, 0.05) is 0 Å². The van der Waals surface area contributed by atoms with Crippen LogP contribution in [0.2, 0.25) is 0 Å². The zero-order valence-corrected chi connectivity index (χ0v) is 12.8. The van der Waals surface area contributed by atoms with Gasteiger partial charge in [0.2, 0.25) is 0 Å². The summed E-state index contributed by atoms with van der Waals surface area (Å²) in [5.74, 6) is 0. The molecule has 0 heterocycles. The fraction of sp³-hybridized carbons (Fsp3) is 0.647. The predicted molar refractivity (Wildman–Crippen MR) is 81.7 cm³/mol. The quantitative estimate of drug-likeness (QED) is 0.589. The SMILES string of the molecule is CC(C)=CCCC(C)=CCCC(C)=CC[C@@H](C)O. The third-order valence-corrected chi connectivity index (χ3v) is 2.93. The molecule has 0 aliphatic rings. The van der Waals surface area contributed by atoms with E-state index in [9.17, 15) is 5.11 Å². The van der Waals surface area contributed by atoms with Crippen LogP contribution in [0.5, 0.6) is 0 Å². The summed E-state index contributed by atoms with van der Waals surface area (Å²) in [5.41, 5.74) is 4.26. The third-order valence-electron chi connectivity index (χ3n) is 2.93. The maximum atomic E-state index is 9.19. The highest BCUT2D eigenvalue weighted by molar-refractivity contribution is 5.05. The first-order valence-electron chi connectivity index (χ1n) is 7.04. The molecule has 0 radical (unpaired) electrons. The second-order valence-corrected chi connectivity index (χ2v) is 5.54. The number of aliphatic hydroxyl groups is 1. The van der Waals surface area contributed by atoms with Crippen molar-refractivity contribution >= 4 is 0 Å². The molecule has 0 aromatic rings. The molecule has 0 fully saturated rings. The first-order chi connectivity index (χ1) is 8.41. The third kappa shape index (κ3) is 11.7. The van der Waals surface area contributed by atoms with E-state index in [4.69, 9.17) is 0 Å². The molecule has 1 heteroatoms. The summed E-state index contributed by atoms with van der Waals surface area (Å²) in [7, 11) is 0. The standard InChI is InChI=1S/C17H30O/c1-14(2)8-6-9-15(3)10-7-11-16(4)12-13-17(5)18/h8,10,12,17-18H,6-7,9,11,13H2,1-5H3/t17-/m1/s1. The molecule has 0 unspecified atom stereocenters. The smallest absolute Gasteiger partial charge is 0.0546 e. The van der Waals surface area contributed by atoms with E-state index in [-0.39, 0.29) is 6.10 Å². The monoisotopic (exact) mass is 250 g/mol. The summed E-state index contributed by atoms with van der Waals surface area (Å²) in [6.07, 6.45) is 11.9. The maximum absolute atomic E-state index is 9.19. The first-order valence-corrected chi connectivity index (χ1v) is 7.04. The number of allylic oxidation sites excluding steroid dienone is 5. The molecule has 0 aromatic heterocycles. The fourth-order valence-electron chi connectivity index (χ4n) is 1.71. The second kappa shape index (κ2) is 10.1. The van der Waals surface area contributed by atoms with Crippen LogP contribution in [0, 0.1) is 0 Å². The minimum Gasteiger partial charge on any atom is -0.393 e. The van der Waals surface area contributed by atoms with Gasteiger partial charge in [0.05, 0.1) is 6.10 Å². The molecule has 0 bridgehead atoms. The van der Waals surface area contributed by atoms with Gasteiger partial charge < -0.3 is 5.11 Å². The molecule has 0 spiro atoms. The minimum atomic E-state index is -0.221. The fourth-order valence-corrected chi connectivity index (χ4v) is 1.71. The Labute approximate surface area is 113 Å². The second-order valence-electron chi connectivity index (χ2n) is 5.54. The Hall–Kier alpha value is -0.820. The molecule has 104 valence electrons. The van der Waals surface area contributed by atoms with E-state index in [2.05, 4.69) is 45.9 Å². The van der Waals surface area contributed by atoms with Crippen molar-refractivity contribution in [1.82, 2.24) is 0 Å². The molecule has 1 nitrogen and oxygen atoms in total. The number of aliphatic hydroxyl groups excluding tert-OH is 1. The van der Waals surface area contributed by atoms with Gasteiger partial charge in [-0.3, -0.25) is 0 Å². The Morgan fingerprint density at radius 2 is 1.39 bits per heavy atom. The Morgan fingerprint density at radius 3 is 1.89 bits per heavy atom. The van der Waals surface area contributed by atoms with Gasteiger partial charge in [-0.2, -0.15) is 0 Å². The van der Waals surface area contributed by atoms with Crippen LogP contribution in [0.1, 0.15) is 66.7 Å². The molecule has 0 aromatic carbocycles. The highest BCUT2D eigenvalue weighted by Gasteiger charge is 1.94. The van der Waals surface area contributed by atoms with Gasteiger partial charge in [-0.05, 0) is 66.7 Å². The van der Waals surface area contributed by atoms with Crippen LogP contribution in [0.25, 0.3) is 0 Å². The lowest BCUT2D eigenvalue weighted by molar-refractivity contribution is 0.198. The molecule has 0 saturated carbocycles. The van der Waals surface area contributed by atoms with E-state index in [0.29, 0.717) is 0 Å². The molecule has 1 N–H and O–H groups in total. The summed E-state index contributed by atoms with van der Waals surface area (Å²) in [6.45, 7) is 10.5. The van der Waals surface area contributed by atoms with Gasteiger partial charge in [-0.25, -0.2) is 0 Å². The van der Waals surface area contributed by atoms with Crippen molar-refractivity contribution in [2.45, 2.75) is 72.8 Å². The van der Waals surface area contributed by atoms with Crippen molar-refractivity contribution in [2.24, 2.45) is 0 Å². The zero-order valence-electron chi connectivity index (χ0n) is 12.8. The molecule has 0 aliphatic heterocycles. The normalized spacial score (nSPS) is 14.6. The van der Waals surface area contributed by atoms with E-state index < -0.39 is 0 Å². The molecule has 0 saturated heterocycles. The van der Waals surface area contributed by atoms with Crippen molar-refractivity contribution in [3.8, 4) is 0 Å². The molecule has 0 amide bonds. The van der Waals surface area contributed by atoms with Gasteiger partial charge in [0.1, 0.15) is 0 Å². The summed E-state index contributed by atoms with van der Waals surface area (Å²) in [4.78, 5) is 0. The molecular formula is C17H30O. The van der Waals surface area contributed by atoms with Crippen molar-refractivity contribution < 1.29 is 5.11 Å². The molecule has 0 rings (SSSR count). The minimum absolute atomic E-state index is 0.221. The van der Waals surface area contributed by atoms with Crippen molar-refractivity contribution in [1.29, 1.82) is 0 Å². The van der Waals surface area contributed by atoms with Gasteiger partial charge in [0.15, 0.2) is 0 Å². The van der Waals surface area contributed by atoms with Crippen molar-refractivity contribution in [3.63, 3.8) is 0 Å². The number of hydrogen-bond acceptors (Lipinski definition) is 1. The Balaban J connectivity index is 3.86. The molecular weight excluding hydrogens is 220 g/mol. The van der Waals surface area contributed by atoms with Crippen molar-refractivity contribution in [2.75, 3.05) is 0 Å². The summed E-state index contributed by atoms with van der Waals surface area (Å²) in [5, 5.41) is 9.19. The van der Waals surface area contributed by atoms with Crippen LogP contribution >= 0.6 is 0 Å². The lowest BCUT2D eigenvalue weighted by Crippen LogP contribution is -1.96. The van der Waals surface area contributed by atoms with E-state index in [0.717, 1.165) is 25.7 Å². The van der Waals surface area contributed by atoms with Crippen LogP contribution in [0.15, 0.2) is 34.9 Å². The van der Waals surface area contributed by atoms with E-state index in [1.54, 1.807) is 0 Å². The van der Waals surface area contributed by atoms with E-state index >= 15 is 0 Å². The van der Waals surface area contributed by atoms with Crippen LogP contribution in [0.4, 0.5) is 0 Å². The predicted octanol–water partition coefficient (Wildman–Crippen LogP) is 5.18. The lowest BCUT2D eigenvalue weighted by Gasteiger charge is -2.03. The van der Waals surface area contributed by atoms with Crippen LogP contribution in [-0.4, -0.2) is 11.2 Å². The average Bonchev–Trinajstić information content (AvgIpc) is 2.25.